The third kappa shape index (κ3) is 3.46. The number of nitrogens with zero attached hydrogens (tertiary/aromatic N) is 1. The van der Waals surface area contributed by atoms with Crippen LogP contribution < -0.4 is 0 Å². The Hall–Kier alpha value is -1.07. The second kappa shape index (κ2) is 6.20. The highest BCUT2D eigenvalue weighted by atomic mass is 32.2. The van der Waals surface area contributed by atoms with Crippen LogP contribution >= 0.6 is 23.1 Å². The first-order chi connectivity index (χ1) is 8.69. The lowest BCUT2D eigenvalue weighted by atomic mass is 10.3. The zero-order valence-electron chi connectivity index (χ0n) is 10.4. The van der Waals surface area contributed by atoms with Gasteiger partial charge in [0.1, 0.15) is 0 Å². The van der Waals surface area contributed by atoms with Crippen molar-refractivity contribution in [3.63, 3.8) is 0 Å². The van der Waals surface area contributed by atoms with Crippen LogP contribution in [0.3, 0.4) is 0 Å². The van der Waals surface area contributed by atoms with Gasteiger partial charge in [-0.1, -0.05) is 30.8 Å². The van der Waals surface area contributed by atoms with Gasteiger partial charge in [0.2, 0.25) is 0 Å². The molecule has 0 saturated carbocycles. The summed E-state index contributed by atoms with van der Waals surface area (Å²) < 4.78 is 7.13. The molecule has 2 aromatic rings. The molecule has 1 atom stereocenters. The average molecular weight is 281 g/mol. The summed E-state index contributed by atoms with van der Waals surface area (Å²) in [4.78, 5) is 15.9. The molecule has 0 N–H and O–H groups in total. The lowest BCUT2D eigenvalue weighted by Gasteiger charge is -2.07. The monoisotopic (exact) mass is 281 g/mol. The minimum atomic E-state index is -0.140. The molecule has 0 bridgehead atoms. The van der Waals surface area contributed by atoms with E-state index in [1.54, 1.807) is 23.1 Å². The van der Waals surface area contributed by atoms with Crippen LogP contribution in [0, 0.1) is 0 Å². The van der Waals surface area contributed by atoms with Crippen LogP contribution in [-0.4, -0.2) is 22.8 Å². The maximum atomic E-state index is 11.4. The molecule has 5 heteroatoms. The van der Waals surface area contributed by atoms with E-state index in [-0.39, 0.29) is 11.2 Å². The van der Waals surface area contributed by atoms with E-state index >= 15 is 0 Å². The van der Waals surface area contributed by atoms with Crippen molar-refractivity contribution < 1.29 is 9.53 Å². The first-order valence-electron chi connectivity index (χ1n) is 5.87. The zero-order valence-corrected chi connectivity index (χ0v) is 12.0. The number of para-hydroxylation sites is 1. The van der Waals surface area contributed by atoms with Gasteiger partial charge in [-0.2, -0.15) is 0 Å². The van der Waals surface area contributed by atoms with Gasteiger partial charge in [-0.3, -0.25) is 4.79 Å². The summed E-state index contributed by atoms with van der Waals surface area (Å²) in [6.45, 7) is 4.29. The molecule has 18 heavy (non-hydrogen) atoms. The van der Waals surface area contributed by atoms with Gasteiger partial charge >= 0.3 is 5.97 Å². The molecule has 1 aromatic carbocycles. The zero-order chi connectivity index (χ0) is 13.0. The Morgan fingerprint density at radius 1 is 1.50 bits per heavy atom. The molecule has 1 aromatic heterocycles. The van der Waals surface area contributed by atoms with E-state index in [2.05, 4.69) is 11.1 Å². The number of benzene rings is 1. The number of aromatic nitrogens is 1. The van der Waals surface area contributed by atoms with E-state index in [1.807, 2.05) is 32.0 Å². The van der Waals surface area contributed by atoms with Crippen molar-refractivity contribution in [2.24, 2.45) is 0 Å². The Bertz CT molecular complexity index is 506. The number of thiazole rings is 1. The number of thioether (sulfide) groups is 1. The quantitative estimate of drug-likeness (QED) is 0.618. The first-order valence-corrected chi connectivity index (χ1v) is 7.56. The van der Waals surface area contributed by atoms with Crippen LogP contribution in [0.2, 0.25) is 0 Å². The molecule has 0 amide bonds. The maximum Gasteiger partial charge on any atom is 0.306 e. The largest absolute Gasteiger partial charge is 0.466 e. The average Bonchev–Trinajstić information content (AvgIpc) is 2.70. The van der Waals surface area contributed by atoms with Crippen molar-refractivity contribution in [1.29, 1.82) is 0 Å². The molecule has 0 saturated heterocycles. The Kier molecular flexibility index (Phi) is 4.60. The Morgan fingerprint density at radius 2 is 2.28 bits per heavy atom. The van der Waals surface area contributed by atoms with Crippen LogP contribution in [0.4, 0.5) is 0 Å². The van der Waals surface area contributed by atoms with Crippen LogP contribution in [0.1, 0.15) is 20.3 Å². The number of hydrogen-bond acceptors (Lipinski definition) is 5. The summed E-state index contributed by atoms with van der Waals surface area (Å²) in [5.41, 5.74) is 1.02. The van der Waals surface area contributed by atoms with Crippen molar-refractivity contribution in [1.82, 2.24) is 4.98 Å². The van der Waals surface area contributed by atoms with Crippen LogP contribution in [0.5, 0.6) is 0 Å². The number of rotatable bonds is 5. The molecule has 0 fully saturated rings. The Balaban J connectivity index is 1.98. The maximum absolute atomic E-state index is 11.4. The highest BCUT2D eigenvalue weighted by Gasteiger charge is 2.13. The minimum absolute atomic E-state index is 0.140. The fraction of sp³-hybridized carbons (Fsp3) is 0.385. The highest BCUT2D eigenvalue weighted by Crippen LogP contribution is 2.32. The predicted molar refractivity (Wildman–Crippen MR) is 76.2 cm³/mol. The van der Waals surface area contributed by atoms with Gasteiger partial charge in [0.25, 0.3) is 0 Å². The van der Waals surface area contributed by atoms with Gasteiger partial charge in [0.05, 0.1) is 23.2 Å². The van der Waals surface area contributed by atoms with E-state index in [4.69, 9.17) is 4.74 Å². The number of fused-ring (bicyclic) bond motifs is 1. The van der Waals surface area contributed by atoms with Crippen molar-refractivity contribution >= 4 is 39.3 Å². The molecule has 0 spiro atoms. The molecule has 1 unspecified atom stereocenters. The number of hydrogen-bond donors (Lipinski definition) is 0. The molecule has 1 heterocycles. The number of carbonyl (C=O) groups excluding carboxylic acids is 1. The van der Waals surface area contributed by atoms with E-state index < -0.39 is 0 Å². The molecular weight excluding hydrogens is 266 g/mol. The second-order valence-electron chi connectivity index (χ2n) is 3.89. The summed E-state index contributed by atoms with van der Waals surface area (Å²) in [5.74, 6) is -0.140. The fourth-order valence-electron chi connectivity index (χ4n) is 1.57. The van der Waals surface area contributed by atoms with Gasteiger partial charge < -0.3 is 4.74 Å². The molecule has 0 aliphatic rings. The summed E-state index contributed by atoms with van der Waals surface area (Å²) in [6, 6.07) is 8.06. The lowest BCUT2D eigenvalue weighted by Crippen LogP contribution is -2.10. The molecule has 0 aliphatic carbocycles. The smallest absolute Gasteiger partial charge is 0.306 e. The topological polar surface area (TPSA) is 39.2 Å². The summed E-state index contributed by atoms with van der Waals surface area (Å²) in [5, 5.41) is 0.185. The third-order valence-corrected chi connectivity index (χ3v) is 4.57. The van der Waals surface area contributed by atoms with Crippen molar-refractivity contribution in [3.8, 4) is 0 Å². The van der Waals surface area contributed by atoms with Crippen molar-refractivity contribution in [2.45, 2.75) is 29.9 Å². The van der Waals surface area contributed by atoms with Crippen molar-refractivity contribution in [2.75, 3.05) is 6.61 Å². The fourth-order valence-corrected chi connectivity index (χ4v) is 3.94. The lowest BCUT2D eigenvalue weighted by molar-refractivity contribution is -0.142. The second-order valence-corrected chi connectivity index (χ2v) is 6.60. The van der Waals surface area contributed by atoms with Gasteiger partial charge in [-0.05, 0) is 19.1 Å². The molecular formula is C13H15NO2S2. The van der Waals surface area contributed by atoms with Gasteiger partial charge in [-0.25, -0.2) is 4.98 Å². The van der Waals surface area contributed by atoms with E-state index in [9.17, 15) is 4.79 Å². The van der Waals surface area contributed by atoms with Crippen LogP contribution in [-0.2, 0) is 9.53 Å². The standard InChI is InChI=1S/C13H15NO2S2/c1-3-16-12(15)8-9(2)17-13-14-10-6-4-5-7-11(10)18-13/h4-7,9H,3,8H2,1-2H3. The van der Waals surface area contributed by atoms with Gasteiger partial charge in [-0.15, -0.1) is 11.3 Å². The summed E-state index contributed by atoms with van der Waals surface area (Å²) in [7, 11) is 0. The molecule has 2 rings (SSSR count). The van der Waals surface area contributed by atoms with Crippen LogP contribution in [0.15, 0.2) is 28.6 Å². The molecule has 0 radical (unpaired) electrons. The van der Waals surface area contributed by atoms with Gasteiger partial charge in [0.15, 0.2) is 4.34 Å². The Morgan fingerprint density at radius 3 is 3.00 bits per heavy atom. The summed E-state index contributed by atoms with van der Waals surface area (Å²) >= 11 is 3.30. The predicted octanol–water partition coefficient (Wildman–Crippen LogP) is 3.73. The van der Waals surface area contributed by atoms with E-state index in [1.165, 1.54) is 4.70 Å². The number of carbonyl (C=O) groups is 1. The summed E-state index contributed by atoms with van der Waals surface area (Å²) in [6.07, 6.45) is 0.425. The van der Waals surface area contributed by atoms with Crippen LogP contribution in [0.25, 0.3) is 10.2 Å². The third-order valence-electron chi connectivity index (χ3n) is 2.34. The van der Waals surface area contributed by atoms with E-state index in [0.717, 1.165) is 9.86 Å². The molecule has 96 valence electrons. The number of esters is 1. The van der Waals surface area contributed by atoms with Crippen molar-refractivity contribution in [3.05, 3.63) is 24.3 Å². The van der Waals surface area contributed by atoms with E-state index in [0.29, 0.717) is 13.0 Å². The SMILES string of the molecule is CCOC(=O)CC(C)Sc1nc2ccccc2s1. The molecule has 0 aliphatic heterocycles. The first kappa shape index (κ1) is 13.4. The highest BCUT2D eigenvalue weighted by molar-refractivity contribution is 8.01. The number of ether oxygens (including phenoxy) is 1. The molecule has 3 nitrogen and oxygen atoms in total. The van der Waals surface area contributed by atoms with Gasteiger partial charge in [0, 0.05) is 5.25 Å². The minimum Gasteiger partial charge on any atom is -0.466 e. The Labute approximate surface area is 115 Å². The normalized spacial score (nSPS) is 12.6.